The Morgan fingerprint density at radius 1 is 1.09 bits per heavy atom. The maximum Gasteiger partial charge on any atom is 0.326 e. The topological polar surface area (TPSA) is 151 Å². The smallest absolute Gasteiger partial charge is 0.326 e. The molecule has 1 rings (SSSR count). The molecule has 6 N–H and O–H groups in total. The van der Waals surface area contributed by atoms with E-state index in [4.69, 9.17) is 5.73 Å². The minimum Gasteiger partial charge on any atom is -0.480 e. The van der Waals surface area contributed by atoms with E-state index in [1.807, 2.05) is 50.4 Å². The number of carboxylic acids is 1. The summed E-state index contributed by atoms with van der Waals surface area (Å²) in [4.78, 5) is 48.6. The van der Waals surface area contributed by atoms with Crippen molar-refractivity contribution >= 4 is 35.5 Å². The van der Waals surface area contributed by atoms with Crippen LogP contribution in [0.3, 0.4) is 0 Å². The predicted molar refractivity (Wildman–Crippen MR) is 125 cm³/mol. The Hall–Kier alpha value is -2.59. The summed E-state index contributed by atoms with van der Waals surface area (Å²) in [7, 11) is 0. The molecule has 0 aromatic heterocycles. The highest BCUT2D eigenvalue weighted by Crippen LogP contribution is 2.09. The molecule has 1 aromatic rings. The Balaban J connectivity index is 2.66. The van der Waals surface area contributed by atoms with E-state index in [9.17, 15) is 24.3 Å². The monoisotopic (exact) mass is 466 g/mol. The van der Waals surface area contributed by atoms with E-state index >= 15 is 0 Å². The van der Waals surface area contributed by atoms with Crippen molar-refractivity contribution in [2.75, 3.05) is 18.6 Å². The Labute approximate surface area is 193 Å². The quantitative estimate of drug-likeness (QED) is 0.268. The minimum absolute atomic E-state index is 0.195. The molecule has 3 amide bonds. The Morgan fingerprint density at radius 2 is 1.75 bits per heavy atom. The maximum atomic E-state index is 12.7. The van der Waals surface area contributed by atoms with Gasteiger partial charge in [-0.2, -0.15) is 11.8 Å². The van der Waals surface area contributed by atoms with Gasteiger partial charge in [0.25, 0.3) is 0 Å². The van der Waals surface area contributed by atoms with Gasteiger partial charge < -0.3 is 26.8 Å². The van der Waals surface area contributed by atoms with Crippen LogP contribution in [0.2, 0.25) is 0 Å². The first kappa shape index (κ1) is 27.4. The zero-order chi connectivity index (χ0) is 24.1. The number of carbonyl (C=O) groups is 4. The van der Waals surface area contributed by atoms with Crippen LogP contribution in [0.4, 0.5) is 0 Å². The van der Waals surface area contributed by atoms with Crippen LogP contribution in [0, 0.1) is 5.92 Å². The van der Waals surface area contributed by atoms with Gasteiger partial charge in [0.1, 0.15) is 12.1 Å². The van der Waals surface area contributed by atoms with Gasteiger partial charge in [0.05, 0.1) is 12.6 Å². The highest BCUT2D eigenvalue weighted by Gasteiger charge is 2.28. The summed E-state index contributed by atoms with van der Waals surface area (Å²) in [6, 6.07) is 6.61. The lowest BCUT2D eigenvalue weighted by Gasteiger charge is -2.25. The summed E-state index contributed by atoms with van der Waals surface area (Å²) in [5, 5.41) is 16.8. The molecule has 0 aliphatic heterocycles. The third-order valence-corrected chi connectivity index (χ3v) is 5.74. The van der Waals surface area contributed by atoms with E-state index in [1.165, 1.54) is 11.8 Å². The molecule has 32 heavy (non-hydrogen) atoms. The van der Waals surface area contributed by atoms with E-state index in [0.717, 1.165) is 5.56 Å². The van der Waals surface area contributed by atoms with Gasteiger partial charge in [-0.25, -0.2) is 4.79 Å². The normalized spacial score (nSPS) is 14.5. The number of benzene rings is 1. The van der Waals surface area contributed by atoms with Crippen LogP contribution < -0.4 is 21.7 Å². The van der Waals surface area contributed by atoms with Crippen molar-refractivity contribution in [2.45, 2.75) is 51.2 Å². The number of thioether (sulfide) groups is 1. The Bertz CT molecular complexity index is 762. The molecule has 4 atom stereocenters. The van der Waals surface area contributed by atoms with Gasteiger partial charge in [-0.15, -0.1) is 0 Å². The molecule has 1 aromatic carbocycles. The van der Waals surface area contributed by atoms with Crippen molar-refractivity contribution in [1.82, 2.24) is 16.0 Å². The number of nitrogens with two attached hydrogens (primary N) is 1. The molecule has 10 heteroatoms. The zero-order valence-corrected chi connectivity index (χ0v) is 19.6. The lowest BCUT2D eigenvalue weighted by Crippen LogP contribution is -2.56. The minimum atomic E-state index is -1.13. The van der Waals surface area contributed by atoms with Crippen LogP contribution in [0.5, 0.6) is 0 Å². The summed E-state index contributed by atoms with van der Waals surface area (Å²) in [6.45, 7) is 3.31. The summed E-state index contributed by atoms with van der Waals surface area (Å²) in [5.74, 6) is -2.33. The number of carboxylic acid groups (broad SMARTS) is 1. The molecule has 0 fully saturated rings. The molecule has 4 unspecified atom stereocenters. The lowest BCUT2D eigenvalue weighted by atomic mass is 9.97. The average molecular weight is 467 g/mol. The van der Waals surface area contributed by atoms with E-state index in [2.05, 4.69) is 16.0 Å². The summed E-state index contributed by atoms with van der Waals surface area (Å²) < 4.78 is 0. The van der Waals surface area contributed by atoms with Gasteiger partial charge in [-0.3, -0.25) is 14.4 Å². The lowest BCUT2D eigenvalue weighted by molar-refractivity contribution is -0.141. The number of nitrogens with one attached hydrogen (secondary N) is 3. The third kappa shape index (κ3) is 9.69. The zero-order valence-electron chi connectivity index (χ0n) is 18.8. The molecule has 0 spiro atoms. The number of hydrogen-bond donors (Lipinski definition) is 5. The fraction of sp³-hybridized carbons (Fsp3) is 0.545. The molecule has 0 aliphatic rings. The second-order valence-electron chi connectivity index (χ2n) is 7.63. The number of aliphatic carboxylic acids is 1. The first-order chi connectivity index (χ1) is 15.2. The van der Waals surface area contributed by atoms with E-state index < -0.39 is 41.8 Å². The number of rotatable bonds is 14. The van der Waals surface area contributed by atoms with Crippen molar-refractivity contribution < 1.29 is 24.3 Å². The molecule has 0 radical (unpaired) electrons. The van der Waals surface area contributed by atoms with E-state index in [0.29, 0.717) is 18.6 Å². The SMILES string of the molecule is CCC(C)C(NC(=O)C(N)Cc1ccccc1)C(=O)NCC(=O)NC(CCSC)C(=O)O. The first-order valence-corrected chi connectivity index (χ1v) is 12.0. The largest absolute Gasteiger partial charge is 0.480 e. The van der Waals surface area contributed by atoms with Crippen LogP contribution in [0.1, 0.15) is 32.3 Å². The van der Waals surface area contributed by atoms with Crippen molar-refractivity contribution in [3.63, 3.8) is 0 Å². The second-order valence-corrected chi connectivity index (χ2v) is 8.61. The van der Waals surface area contributed by atoms with E-state index in [-0.39, 0.29) is 18.9 Å². The fourth-order valence-electron chi connectivity index (χ4n) is 2.94. The molecule has 0 aliphatic carbocycles. The molecule has 0 bridgehead atoms. The molecule has 0 saturated carbocycles. The van der Waals surface area contributed by atoms with Crippen molar-refractivity contribution in [3.05, 3.63) is 35.9 Å². The van der Waals surface area contributed by atoms with Crippen molar-refractivity contribution in [2.24, 2.45) is 11.7 Å². The van der Waals surface area contributed by atoms with Gasteiger partial charge in [0.15, 0.2) is 0 Å². The summed E-state index contributed by atoms with van der Waals surface area (Å²) in [5.41, 5.74) is 6.93. The van der Waals surface area contributed by atoms with Gasteiger partial charge in [-0.05, 0) is 36.3 Å². The first-order valence-electron chi connectivity index (χ1n) is 10.6. The van der Waals surface area contributed by atoms with Crippen LogP contribution >= 0.6 is 11.8 Å². The fourth-order valence-corrected chi connectivity index (χ4v) is 3.41. The highest BCUT2D eigenvalue weighted by molar-refractivity contribution is 7.98. The van der Waals surface area contributed by atoms with Gasteiger partial charge in [0, 0.05) is 0 Å². The van der Waals surface area contributed by atoms with Gasteiger partial charge in [0.2, 0.25) is 17.7 Å². The maximum absolute atomic E-state index is 12.7. The van der Waals surface area contributed by atoms with Gasteiger partial charge in [-0.1, -0.05) is 50.6 Å². The molecule has 9 nitrogen and oxygen atoms in total. The summed E-state index contributed by atoms with van der Waals surface area (Å²) >= 11 is 1.48. The number of carbonyl (C=O) groups excluding carboxylic acids is 3. The average Bonchev–Trinajstić information content (AvgIpc) is 2.78. The standard InChI is InChI=1S/C22H34N4O5S/c1-4-14(2)19(26-20(28)16(23)12-15-8-6-5-7-9-15)21(29)24-13-18(27)25-17(22(30)31)10-11-32-3/h5-9,14,16-17,19H,4,10-13,23H2,1-3H3,(H,24,29)(H,25,27)(H,26,28)(H,30,31). The van der Waals surface area contributed by atoms with Crippen molar-refractivity contribution in [1.29, 1.82) is 0 Å². The Morgan fingerprint density at radius 3 is 2.31 bits per heavy atom. The van der Waals surface area contributed by atoms with Crippen LogP contribution in [-0.4, -0.2) is 65.5 Å². The molecule has 0 saturated heterocycles. The molecular formula is C22H34N4O5S. The highest BCUT2D eigenvalue weighted by atomic mass is 32.2. The molecule has 178 valence electrons. The molecule has 0 heterocycles. The second kappa shape index (κ2) is 14.5. The summed E-state index contributed by atoms with van der Waals surface area (Å²) in [6.07, 6.45) is 3.07. The third-order valence-electron chi connectivity index (χ3n) is 5.10. The van der Waals surface area contributed by atoms with Crippen LogP contribution in [0.25, 0.3) is 0 Å². The Kier molecular flexibility index (Phi) is 12.4. The molecular weight excluding hydrogens is 432 g/mol. The van der Waals surface area contributed by atoms with E-state index in [1.54, 1.807) is 0 Å². The predicted octanol–water partition coefficient (Wildman–Crippen LogP) is 0.526. The van der Waals surface area contributed by atoms with Crippen LogP contribution in [0.15, 0.2) is 30.3 Å². The number of hydrogen-bond acceptors (Lipinski definition) is 6. The van der Waals surface area contributed by atoms with Crippen molar-refractivity contribution in [3.8, 4) is 0 Å². The van der Waals surface area contributed by atoms with Crippen LogP contribution in [-0.2, 0) is 25.6 Å². The van der Waals surface area contributed by atoms with Gasteiger partial charge >= 0.3 is 5.97 Å². The number of amides is 3.